The highest BCUT2D eigenvalue weighted by Crippen LogP contribution is 2.45. The van der Waals surface area contributed by atoms with Crippen LogP contribution in [0.2, 0.25) is 0 Å². The lowest BCUT2D eigenvalue weighted by Gasteiger charge is -2.25. The molecular weight excluding hydrogens is 761 g/mol. The smallest absolute Gasteiger partial charge is 0.344 e. The zero-order chi connectivity index (χ0) is 41.6. The van der Waals surface area contributed by atoms with Gasteiger partial charge in [0.15, 0.2) is 5.78 Å². The molecule has 0 unspecified atom stereocenters. The lowest BCUT2D eigenvalue weighted by Crippen LogP contribution is -2.26. The topological polar surface area (TPSA) is 192 Å². The van der Waals surface area contributed by atoms with Gasteiger partial charge in [0.1, 0.15) is 26.9 Å². The number of hydrogen-bond donors (Lipinski definition) is 2. The van der Waals surface area contributed by atoms with Crippen LogP contribution in [0.1, 0.15) is 72.4 Å². The molecule has 0 amide bonds. The minimum atomic E-state index is -4.39. The minimum Gasteiger partial charge on any atom is -0.469 e. The third-order valence-corrected chi connectivity index (χ3v) is 10.3. The molecule has 0 aliphatic heterocycles. The molecule has 2 N–H and O–H groups in total. The van der Waals surface area contributed by atoms with Gasteiger partial charge in [0.25, 0.3) is 15.7 Å². The molecule has 0 spiro atoms. The molecule has 15 heteroatoms. The predicted molar refractivity (Wildman–Crippen MR) is 217 cm³/mol. The molecule has 13 nitrogen and oxygen atoms in total. The van der Waals surface area contributed by atoms with Crippen molar-refractivity contribution >= 4 is 60.0 Å². The maximum Gasteiger partial charge on any atom is 0.344 e. The van der Waals surface area contributed by atoms with Gasteiger partial charge in [-0.15, -0.1) is 0 Å². The standard InChI is InChI=1S/C31H22N2O7S.C6H12O4S.2C2H6/c1-39-41(37,38)23-16-22(32-19-12-6-3-7-13-19)25-26-24(20-14-8-9-15-21(20)29(25)34)27(30(35)33-28(23)26)31(36)40-17-18-10-4-2-5-11-18;1-10-6(7)4-3-5-11(2,8)9;2*1-2/h2-16,32H,17H2,1H3,(H,33,35);3-5H2,1-2H3;2*1-2H3. The number of para-hydroxylation sites is 1. The van der Waals surface area contributed by atoms with Gasteiger partial charge in [-0.25, -0.2) is 13.2 Å². The summed E-state index contributed by atoms with van der Waals surface area (Å²) in [5.41, 5.74) is 0.878. The fraction of sp³-hybridized carbons (Fsp3) is 0.268. The summed E-state index contributed by atoms with van der Waals surface area (Å²) >= 11 is 0. The van der Waals surface area contributed by atoms with E-state index in [0.29, 0.717) is 23.2 Å². The van der Waals surface area contributed by atoms with Crippen molar-refractivity contribution in [1.29, 1.82) is 0 Å². The fourth-order valence-corrected chi connectivity index (χ4v) is 7.13. The second kappa shape index (κ2) is 20.3. The van der Waals surface area contributed by atoms with E-state index in [4.69, 9.17) is 8.92 Å². The van der Waals surface area contributed by atoms with Gasteiger partial charge in [-0.05, 0) is 35.7 Å². The molecule has 56 heavy (non-hydrogen) atoms. The molecule has 1 aliphatic rings. The summed E-state index contributed by atoms with van der Waals surface area (Å²) in [7, 11) is -5.04. The molecule has 1 aromatic heterocycles. The van der Waals surface area contributed by atoms with Crippen LogP contribution in [0.25, 0.3) is 22.0 Å². The first-order chi connectivity index (χ1) is 26.8. The first-order valence-electron chi connectivity index (χ1n) is 17.7. The number of carbonyl (C=O) groups excluding carboxylic acids is 3. The number of H-pyrrole nitrogens is 1. The molecule has 5 aromatic rings. The van der Waals surface area contributed by atoms with Crippen molar-refractivity contribution in [2.24, 2.45) is 0 Å². The SMILES string of the molecule is CC.CC.COC(=O)CCCS(C)(=O)=O.COS(=O)(=O)c1cc(Nc2ccccc2)c2c3c(c(C(=O)OCc4ccccc4)c(=O)[nH]c13)-c1ccccc1C2=O. The number of pyridine rings is 1. The number of hydrogen-bond acceptors (Lipinski definition) is 12. The third kappa shape index (κ3) is 10.8. The second-order valence-electron chi connectivity index (χ2n) is 11.6. The van der Waals surface area contributed by atoms with Crippen molar-refractivity contribution < 1.29 is 44.9 Å². The molecule has 6 rings (SSSR count). The number of sulfone groups is 1. The summed E-state index contributed by atoms with van der Waals surface area (Å²) in [6.45, 7) is 7.91. The van der Waals surface area contributed by atoms with Gasteiger partial charge in [-0.2, -0.15) is 8.42 Å². The van der Waals surface area contributed by atoms with Gasteiger partial charge in [0.05, 0.1) is 36.7 Å². The summed E-state index contributed by atoms with van der Waals surface area (Å²) in [6.07, 6.45) is 1.65. The quantitative estimate of drug-likeness (QED) is 0.0989. The van der Waals surface area contributed by atoms with Gasteiger partial charge >= 0.3 is 11.9 Å². The van der Waals surface area contributed by atoms with Crippen LogP contribution in [0.15, 0.2) is 101 Å². The Morgan fingerprint density at radius 3 is 1.91 bits per heavy atom. The van der Waals surface area contributed by atoms with Crippen LogP contribution >= 0.6 is 0 Å². The highest BCUT2D eigenvalue weighted by atomic mass is 32.2. The van der Waals surface area contributed by atoms with Gasteiger partial charge in [-0.1, -0.05) is 100 Å². The van der Waals surface area contributed by atoms with Crippen molar-refractivity contribution in [3.8, 4) is 11.1 Å². The Labute approximate surface area is 327 Å². The molecule has 0 atom stereocenters. The van der Waals surface area contributed by atoms with Crippen molar-refractivity contribution in [3.63, 3.8) is 0 Å². The first-order valence-corrected chi connectivity index (χ1v) is 21.2. The lowest BCUT2D eigenvalue weighted by atomic mass is 9.81. The Morgan fingerprint density at radius 2 is 1.34 bits per heavy atom. The molecule has 0 saturated carbocycles. The van der Waals surface area contributed by atoms with Crippen LogP contribution in [0.4, 0.5) is 11.4 Å². The van der Waals surface area contributed by atoms with Gasteiger partial charge in [0.2, 0.25) is 0 Å². The van der Waals surface area contributed by atoms with Crippen LogP contribution in [0.3, 0.4) is 0 Å². The number of ether oxygens (including phenoxy) is 2. The lowest BCUT2D eigenvalue weighted by molar-refractivity contribution is -0.140. The van der Waals surface area contributed by atoms with Crippen molar-refractivity contribution in [3.05, 3.63) is 124 Å². The Morgan fingerprint density at radius 1 is 0.768 bits per heavy atom. The first kappa shape index (κ1) is 44.8. The normalized spacial score (nSPS) is 11.3. The highest BCUT2D eigenvalue weighted by molar-refractivity contribution is 7.90. The molecule has 1 heterocycles. The number of aromatic nitrogens is 1. The van der Waals surface area contributed by atoms with E-state index in [1.165, 1.54) is 13.2 Å². The summed E-state index contributed by atoms with van der Waals surface area (Å²) in [6, 6.07) is 25.6. The maximum absolute atomic E-state index is 14.0. The largest absolute Gasteiger partial charge is 0.469 e. The van der Waals surface area contributed by atoms with Crippen LogP contribution < -0.4 is 10.9 Å². The molecule has 4 aromatic carbocycles. The van der Waals surface area contributed by atoms with E-state index in [1.54, 1.807) is 72.8 Å². The minimum absolute atomic E-state index is 0.0437. The Balaban J connectivity index is 0.000000482. The Bertz CT molecular complexity index is 2450. The zero-order valence-electron chi connectivity index (χ0n) is 32.3. The number of ketones is 1. The van der Waals surface area contributed by atoms with Gasteiger partial charge < -0.3 is 19.8 Å². The van der Waals surface area contributed by atoms with E-state index in [1.807, 2.05) is 39.8 Å². The number of benzene rings is 4. The van der Waals surface area contributed by atoms with Crippen LogP contribution in [-0.4, -0.2) is 65.8 Å². The molecule has 0 radical (unpaired) electrons. The maximum atomic E-state index is 14.0. The summed E-state index contributed by atoms with van der Waals surface area (Å²) in [5, 5.41) is 3.23. The van der Waals surface area contributed by atoms with E-state index >= 15 is 0 Å². The van der Waals surface area contributed by atoms with Crippen molar-refractivity contribution in [2.45, 2.75) is 52.0 Å². The van der Waals surface area contributed by atoms with Crippen molar-refractivity contribution in [1.82, 2.24) is 4.98 Å². The highest BCUT2D eigenvalue weighted by Gasteiger charge is 2.36. The van der Waals surface area contributed by atoms with Gasteiger partial charge in [0, 0.05) is 34.9 Å². The number of aromatic amines is 1. The molecule has 0 saturated heterocycles. The number of esters is 2. The summed E-state index contributed by atoms with van der Waals surface area (Å²) in [4.78, 5) is 53.7. The predicted octanol–water partition coefficient (Wildman–Crippen LogP) is 7.21. The van der Waals surface area contributed by atoms with E-state index < -0.39 is 37.3 Å². The van der Waals surface area contributed by atoms with Crippen molar-refractivity contribution in [2.75, 3.05) is 31.5 Å². The third-order valence-electron chi connectivity index (χ3n) is 8.01. The number of anilines is 2. The number of rotatable bonds is 11. The number of methoxy groups -OCH3 is 1. The van der Waals surface area contributed by atoms with Crippen LogP contribution in [-0.2, 0) is 45.0 Å². The molecular formula is C41H46N2O11S2. The molecule has 0 fully saturated rings. The zero-order valence-corrected chi connectivity index (χ0v) is 33.9. The number of nitrogens with one attached hydrogen (secondary N) is 2. The fourth-order valence-electron chi connectivity index (χ4n) is 5.62. The van der Waals surface area contributed by atoms with Crippen LogP contribution in [0, 0.1) is 0 Å². The second-order valence-corrected chi connectivity index (χ2v) is 15.6. The van der Waals surface area contributed by atoms with E-state index in [9.17, 15) is 36.0 Å². The van der Waals surface area contributed by atoms with Gasteiger partial charge in [-0.3, -0.25) is 18.6 Å². The Kier molecular flexibility index (Phi) is 16.2. The summed E-state index contributed by atoms with van der Waals surface area (Å²) < 4.78 is 62.0. The number of fused-ring (bicyclic) bond motifs is 2. The van der Waals surface area contributed by atoms with E-state index in [0.717, 1.165) is 13.4 Å². The average Bonchev–Trinajstić information content (AvgIpc) is 3.20. The van der Waals surface area contributed by atoms with Crippen LogP contribution in [0.5, 0.6) is 0 Å². The Hall–Kier alpha value is -5.64. The average molecular weight is 807 g/mol. The molecule has 298 valence electrons. The van der Waals surface area contributed by atoms with E-state index in [-0.39, 0.29) is 68.5 Å². The summed E-state index contributed by atoms with van der Waals surface area (Å²) in [5.74, 6) is -1.65. The molecule has 0 bridgehead atoms. The molecule has 1 aliphatic carbocycles. The van der Waals surface area contributed by atoms with E-state index in [2.05, 4.69) is 15.0 Å². The number of carbonyl (C=O) groups is 3. The monoisotopic (exact) mass is 806 g/mol.